The van der Waals surface area contributed by atoms with E-state index in [0.29, 0.717) is 5.69 Å². The molecule has 2 rings (SSSR count). The van der Waals surface area contributed by atoms with Gasteiger partial charge >= 0.3 is 0 Å². The maximum Gasteiger partial charge on any atom is 0.234 e. The summed E-state index contributed by atoms with van der Waals surface area (Å²) in [6, 6.07) is 13.0. The number of amides is 2. The molecule has 5 nitrogen and oxygen atoms in total. The fourth-order valence-corrected chi connectivity index (χ4v) is 2.87. The van der Waals surface area contributed by atoms with Gasteiger partial charge in [0.15, 0.2) is 0 Å². The van der Waals surface area contributed by atoms with Gasteiger partial charge < -0.3 is 15.4 Å². The minimum atomic E-state index is -0.144. The predicted octanol–water partition coefficient (Wildman–Crippen LogP) is 3.62. The molecule has 0 unspecified atom stereocenters. The summed E-state index contributed by atoms with van der Waals surface area (Å²) in [7, 11) is 1.59. The van der Waals surface area contributed by atoms with Gasteiger partial charge in [0.1, 0.15) is 5.75 Å². The van der Waals surface area contributed by atoms with E-state index in [9.17, 15) is 9.59 Å². The maximum absolute atomic E-state index is 12.0. The first-order valence-corrected chi connectivity index (χ1v) is 9.02. The van der Waals surface area contributed by atoms with Crippen LogP contribution in [-0.2, 0) is 9.59 Å². The molecule has 2 N–H and O–H groups in total. The molecule has 0 aliphatic heterocycles. The van der Waals surface area contributed by atoms with E-state index in [0.717, 1.165) is 22.6 Å². The Balaban J connectivity index is 1.73. The smallest absolute Gasteiger partial charge is 0.234 e. The monoisotopic (exact) mass is 358 g/mol. The molecule has 0 atom stereocenters. The fourth-order valence-electron chi connectivity index (χ4n) is 2.25. The number of methoxy groups -OCH3 is 1. The fraction of sp³-hybridized carbons (Fsp3) is 0.263. The first-order valence-electron chi connectivity index (χ1n) is 7.86. The molecule has 0 aliphatic carbocycles. The van der Waals surface area contributed by atoms with Crippen molar-refractivity contribution in [3.63, 3.8) is 0 Å². The van der Waals surface area contributed by atoms with Gasteiger partial charge in [0.2, 0.25) is 11.8 Å². The lowest BCUT2D eigenvalue weighted by Crippen LogP contribution is -2.18. The largest absolute Gasteiger partial charge is 0.497 e. The molecule has 2 aromatic carbocycles. The molecule has 0 heterocycles. The SMILES string of the molecule is COc1ccc(NC(=O)CSCC(=O)Nc2ccc(C)cc2C)cc1. The van der Waals surface area contributed by atoms with Crippen molar-refractivity contribution >= 4 is 35.0 Å². The number of thioether (sulfide) groups is 1. The van der Waals surface area contributed by atoms with Gasteiger partial charge in [-0.05, 0) is 49.7 Å². The highest BCUT2D eigenvalue weighted by molar-refractivity contribution is 8.00. The summed E-state index contributed by atoms with van der Waals surface area (Å²) >= 11 is 1.28. The molecule has 0 spiro atoms. The van der Waals surface area contributed by atoms with Crippen LogP contribution in [0.1, 0.15) is 11.1 Å². The van der Waals surface area contributed by atoms with Crippen LogP contribution in [0.25, 0.3) is 0 Å². The summed E-state index contributed by atoms with van der Waals surface area (Å²) in [5.74, 6) is 0.912. The van der Waals surface area contributed by atoms with E-state index in [1.807, 2.05) is 32.0 Å². The Hall–Kier alpha value is -2.47. The maximum atomic E-state index is 12.0. The summed E-state index contributed by atoms with van der Waals surface area (Å²) in [6.07, 6.45) is 0. The van der Waals surface area contributed by atoms with Crippen molar-refractivity contribution in [3.05, 3.63) is 53.6 Å². The molecular weight excluding hydrogens is 336 g/mol. The molecule has 132 valence electrons. The number of carbonyl (C=O) groups excluding carboxylic acids is 2. The molecule has 0 radical (unpaired) electrons. The van der Waals surface area contributed by atoms with Gasteiger partial charge in [0, 0.05) is 11.4 Å². The number of benzene rings is 2. The van der Waals surface area contributed by atoms with E-state index in [4.69, 9.17) is 4.74 Å². The number of carbonyl (C=O) groups is 2. The molecule has 0 aliphatic rings. The average molecular weight is 358 g/mol. The Morgan fingerprint density at radius 3 is 2.20 bits per heavy atom. The zero-order valence-electron chi connectivity index (χ0n) is 14.6. The van der Waals surface area contributed by atoms with E-state index >= 15 is 0 Å². The molecule has 0 aromatic heterocycles. The van der Waals surface area contributed by atoms with Crippen molar-refractivity contribution in [1.29, 1.82) is 0 Å². The van der Waals surface area contributed by atoms with Gasteiger partial charge in [0.05, 0.1) is 18.6 Å². The molecule has 0 saturated carbocycles. The number of nitrogens with one attached hydrogen (secondary N) is 2. The third-order valence-electron chi connectivity index (χ3n) is 3.50. The minimum absolute atomic E-state index is 0.116. The molecule has 0 fully saturated rings. The van der Waals surface area contributed by atoms with Crippen LogP contribution in [-0.4, -0.2) is 30.4 Å². The van der Waals surface area contributed by atoms with Gasteiger partial charge in [-0.25, -0.2) is 0 Å². The third kappa shape index (κ3) is 6.15. The van der Waals surface area contributed by atoms with Crippen LogP contribution in [0, 0.1) is 13.8 Å². The van der Waals surface area contributed by atoms with Crippen molar-refractivity contribution < 1.29 is 14.3 Å². The van der Waals surface area contributed by atoms with Crippen LogP contribution in [0.2, 0.25) is 0 Å². The van der Waals surface area contributed by atoms with E-state index in [1.165, 1.54) is 11.8 Å². The summed E-state index contributed by atoms with van der Waals surface area (Å²) < 4.78 is 5.07. The Kier molecular flexibility index (Phi) is 6.89. The van der Waals surface area contributed by atoms with Gasteiger partial charge in [-0.3, -0.25) is 9.59 Å². The minimum Gasteiger partial charge on any atom is -0.497 e. The Morgan fingerprint density at radius 1 is 0.960 bits per heavy atom. The van der Waals surface area contributed by atoms with E-state index in [2.05, 4.69) is 10.6 Å². The van der Waals surface area contributed by atoms with Crippen LogP contribution < -0.4 is 15.4 Å². The standard InChI is InChI=1S/C19H22N2O3S/c1-13-4-9-17(14(2)10-13)21-19(23)12-25-11-18(22)20-15-5-7-16(24-3)8-6-15/h4-10H,11-12H2,1-3H3,(H,20,22)(H,21,23). The zero-order chi connectivity index (χ0) is 18.2. The summed E-state index contributed by atoms with van der Waals surface area (Å²) in [5.41, 5.74) is 3.68. The molecule has 2 amide bonds. The first-order chi connectivity index (χ1) is 12.0. The molecule has 2 aromatic rings. The average Bonchev–Trinajstić information content (AvgIpc) is 2.58. The highest BCUT2D eigenvalue weighted by atomic mass is 32.2. The quantitative estimate of drug-likeness (QED) is 0.793. The van der Waals surface area contributed by atoms with Crippen molar-refractivity contribution in [2.45, 2.75) is 13.8 Å². The summed E-state index contributed by atoms with van der Waals surface area (Å²) in [4.78, 5) is 23.9. The van der Waals surface area contributed by atoms with Gasteiger partial charge in [-0.2, -0.15) is 0 Å². The van der Waals surface area contributed by atoms with Crippen LogP contribution in [0.4, 0.5) is 11.4 Å². The Bertz CT molecular complexity index is 745. The lowest BCUT2D eigenvalue weighted by Gasteiger charge is -2.09. The van der Waals surface area contributed by atoms with Crippen LogP contribution >= 0.6 is 11.8 Å². The van der Waals surface area contributed by atoms with Crippen molar-refractivity contribution in [2.24, 2.45) is 0 Å². The van der Waals surface area contributed by atoms with Crippen molar-refractivity contribution in [2.75, 3.05) is 29.2 Å². The van der Waals surface area contributed by atoms with Gasteiger partial charge in [0.25, 0.3) is 0 Å². The second-order valence-corrected chi connectivity index (χ2v) is 6.62. The first kappa shape index (κ1) is 18.9. The number of hydrogen-bond donors (Lipinski definition) is 2. The van der Waals surface area contributed by atoms with Crippen molar-refractivity contribution in [1.82, 2.24) is 0 Å². The van der Waals surface area contributed by atoms with Crippen LogP contribution in [0.15, 0.2) is 42.5 Å². The molecule has 0 bridgehead atoms. The van der Waals surface area contributed by atoms with Crippen molar-refractivity contribution in [3.8, 4) is 5.75 Å². The molecule has 6 heteroatoms. The molecule has 0 saturated heterocycles. The van der Waals surface area contributed by atoms with Crippen LogP contribution in [0.3, 0.4) is 0 Å². The molecular formula is C19H22N2O3S. The number of aryl methyl sites for hydroxylation is 2. The second kappa shape index (κ2) is 9.13. The second-order valence-electron chi connectivity index (χ2n) is 5.64. The third-order valence-corrected chi connectivity index (χ3v) is 4.43. The normalized spacial score (nSPS) is 10.2. The number of ether oxygens (including phenoxy) is 1. The lowest BCUT2D eigenvalue weighted by molar-refractivity contribution is -0.114. The zero-order valence-corrected chi connectivity index (χ0v) is 15.4. The van der Waals surface area contributed by atoms with Crippen LogP contribution in [0.5, 0.6) is 5.75 Å². The highest BCUT2D eigenvalue weighted by Crippen LogP contribution is 2.17. The number of anilines is 2. The Labute approximate surface area is 152 Å². The van der Waals surface area contributed by atoms with E-state index in [1.54, 1.807) is 31.4 Å². The number of rotatable bonds is 7. The molecule has 25 heavy (non-hydrogen) atoms. The number of hydrogen-bond acceptors (Lipinski definition) is 4. The van der Waals surface area contributed by atoms with Gasteiger partial charge in [-0.1, -0.05) is 17.7 Å². The predicted molar refractivity (Wildman–Crippen MR) is 103 cm³/mol. The topological polar surface area (TPSA) is 67.4 Å². The Morgan fingerprint density at radius 2 is 1.60 bits per heavy atom. The summed E-state index contributed by atoms with van der Waals surface area (Å²) in [5, 5.41) is 5.65. The van der Waals surface area contributed by atoms with E-state index in [-0.39, 0.29) is 23.3 Å². The lowest BCUT2D eigenvalue weighted by atomic mass is 10.1. The van der Waals surface area contributed by atoms with Gasteiger partial charge in [-0.15, -0.1) is 11.8 Å². The van der Waals surface area contributed by atoms with E-state index < -0.39 is 0 Å². The summed E-state index contributed by atoms with van der Waals surface area (Å²) in [6.45, 7) is 3.97. The highest BCUT2D eigenvalue weighted by Gasteiger charge is 2.08.